The summed E-state index contributed by atoms with van der Waals surface area (Å²) in [6, 6.07) is 10.9. The van der Waals surface area contributed by atoms with Crippen molar-refractivity contribution in [3.8, 4) is 18.2 Å². The Labute approximate surface area is 165 Å². The molecule has 1 aromatic carbocycles. The van der Waals surface area contributed by atoms with Crippen molar-refractivity contribution >= 4 is 5.97 Å². The lowest BCUT2D eigenvalue weighted by Gasteiger charge is -2.32. The summed E-state index contributed by atoms with van der Waals surface area (Å²) in [5.74, 6) is -3.38. The number of nitrogens with two attached hydrogens (primary N) is 1. The second-order valence-electron chi connectivity index (χ2n) is 5.52. The molecule has 10 nitrogen and oxygen atoms in total. The van der Waals surface area contributed by atoms with Crippen LogP contribution in [0.25, 0.3) is 0 Å². The van der Waals surface area contributed by atoms with E-state index < -0.39 is 36.4 Å². The number of hydrogen-bond acceptors (Lipinski definition) is 10. The van der Waals surface area contributed by atoms with E-state index >= 15 is 0 Å². The molecule has 1 atom stereocenters. The van der Waals surface area contributed by atoms with Gasteiger partial charge in [0.05, 0.1) is 31.0 Å². The van der Waals surface area contributed by atoms with Crippen LogP contribution in [0.2, 0.25) is 0 Å². The Morgan fingerprint density at radius 3 is 2.38 bits per heavy atom. The highest BCUT2D eigenvalue weighted by Gasteiger charge is 2.52. The molecule has 4 N–H and O–H groups in total. The molecule has 0 aromatic heterocycles. The minimum absolute atomic E-state index is 0.00240. The second-order valence-corrected chi connectivity index (χ2v) is 5.52. The normalized spacial score (nSPS) is 17.7. The van der Waals surface area contributed by atoms with Crippen LogP contribution in [0, 0.1) is 34.0 Å². The van der Waals surface area contributed by atoms with E-state index in [4.69, 9.17) is 25.1 Å². The van der Waals surface area contributed by atoms with Crippen molar-refractivity contribution in [2.45, 2.75) is 5.79 Å². The zero-order valence-corrected chi connectivity index (χ0v) is 15.1. The molecule has 0 fully saturated rings. The van der Waals surface area contributed by atoms with Crippen LogP contribution in [0.15, 0.2) is 46.9 Å². The minimum atomic E-state index is -2.12. The molecule has 148 valence electrons. The highest BCUT2D eigenvalue weighted by molar-refractivity contribution is 5.92. The van der Waals surface area contributed by atoms with Crippen LogP contribution in [0.3, 0.4) is 0 Å². The molecule has 1 aromatic rings. The van der Waals surface area contributed by atoms with E-state index in [-0.39, 0.29) is 35.5 Å². The fourth-order valence-electron chi connectivity index (χ4n) is 2.80. The van der Waals surface area contributed by atoms with Crippen molar-refractivity contribution in [2.24, 2.45) is 5.73 Å². The number of hydrogen-bond donors (Lipinski definition) is 3. The van der Waals surface area contributed by atoms with Gasteiger partial charge in [0.15, 0.2) is 0 Å². The number of carbonyl (C=O) groups excluding carboxylic acids is 1. The van der Waals surface area contributed by atoms with Crippen molar-refractivity contribution in [3.05, 3.63) is 58.0 Å². The fourth-order valence-corrected chi connectivity index (χ4v) is 2.80. The number of rotatable bonds is 7. The quantitative estimate of drug-likeness (QED) is 0.421. The van der Waals surface area contributed by atoms with E-state index in [2.05, 4.69) is 0 Å². The van der Waals surface area contributed by atoms with E-state index in [0.29, 0.717) is 0 Å². The van der Waals surface area contributed by atoms with Crippen LogP contribution in [-0.2, 0) is 20.0 Å². The maximum Gasteiger partial charge on any atom is 0.338 e. The monoisotopic (exact) mass is 396 g/mol. The molecule has 0 amide bonds. The molecule has 1 unspecified atom stereocenters. The van der Waals surface area contributed by atoms with Crippen LogP contribution < -0.4 is 5.73 Å². The molecule has 0 bridgehead atoms. The topological polar surface area (TPSA) is 183 Å². The van der Waals surface area contributed by atoms with Gasteiger partial charge in [-0.15, -0.1) is 0 Å². The van der Waals surface area contributed by atoms with Gasteiger partial charge in [-0.1, -0.05) is 18.2 Å². The second kappa shape index (κ2) is 9.36. The predicted molar refractivity (Wildman–Crippen MR) is 94.7 cm³/mol. The molecule has 0 aliphatic carbocycles. The van der Waals surface area contributed by atoms with E-state index in [1.54, 1.807) is 18.2 Å². The number of aliphatic hydroxyl groups is 2. The van der Waals surface area contributed by atoms with Gasteiger partial charge >= 0.3 is 5.97 Å². The highest BCUT2D eigenvalue weighted by Crippen LogP contribution is 2.48. The number of esters is 1. The van der Waals surface area contributed by atoms with Crippen LogP contribution in [0.1, 0.15) is 15.9 Å². The fraction of sp³-hybridized carbons (Fsp3) is 0.263. The van der Waals surface area contributed by atoms with Crippen molar-refractivity contribution in [1.82, 2.24) is 0 Å². The van der Waals surface area contributed by atoms with Gasteiger partial charge in [0, 0.05) is 5.56 Å². The molecule has 0 saturated carbocycles. The first-order valence-corrected chi connectivity index (χ1v) is 8.27. The van der Waals surface area contributed by atoms with Crippen molar-refractivity contribution in [2.75, 3.05) is 26.4 Å². The van der Waals surface area contributed by atoms with Gasteiger partial charge in [-0.25, -0.2) is 4.79 Å². The lowest BCUT2D eigenvalue weighted by molar-refractivity contribution is -0.191. The van der Waals surface area contributed by atoms with Gasteiger partial charge in [-0.2, -0.15) is 15.8 Å². The van der Waals surface area contributed by atoms with Gasteiger partial charge in [0.2, 0.25) is 5.88 Å². The van der Waals surface area contributed by atoms with E-state index in [0.717, 1.165) is 0 Å². The Bertz CT molecular complexity index is 979. The average Bonchev–Trinajstić information content (AvgIpc) is 3.03. The summed E-state index contributed by atoms with van der Waals surface area (Å²) in [5, 5.41) is 46.5. The van der Waals surface area contributed by atoms with Crippen molar-refractivity contribution in [1.29, 1.82) is 15.8 Å². The highest BCUT2D eigenvalue weighted by atomic mass is 16.7. The third-order valence-electron chi connectivity index (χ3n) is 3.89. The summed E-state index contributed by atoms with van der Waals surface area (Å²) in [5.41, 5.74) is 4.64. The Balaban J connectivity index is 2.82. The Morgan fingerprint density at radius 1 is 1.14 bits per heavy atom. The van der Waals surface area contributed by atoms with Crippen LogP contribution in [-0.4, -0.2) is 42.6 Å². The molecule has 1 aliphatic rings. The first-order valence-electron chi connectivity index (χ1n) is 8.27. The molecule has 0 spiro atoms. The number of allylic oxidation sites excluding steroid dienone is 1. The van der Waals surface area contributed by atoms with E-state index in [1.165, 1.54) is 24.3 Å². The molecule has 0 saturated heterocycles. The predicted octanol–water partition coefficient (Wildman–Crippen LogP) is 0.0652. The summed E-state index contributed by atoms with van der Waals surface area (Å²) in [4.78, 5) is 12.5. The van der Waals surface area contributed by atoms with Gasteiger partial charge in [-0.05, 0) is 6.07 Å². The van der Waals surface area contributed by atoms with Gasteiger partial charge < -0.3 is 30.2 Å². The first-order chi connectivity index (χ1) is 14.0. The summed E-state index contributed by atoms with van der Waals surface area (Å²) in [6.07, 6.45) is 0. The maximum absolute atomic E-state index is 12.5. The van der Waals surface area contributed by atoms with Gasteiger partial charge in [0.1, 0.15) is 36.0 Å². The molecule has 1 aliphatic heterocycles. The third-order valence-corrected chi connectivity index (χ3v) is 3.89. The lowest BCUT2D eigenvalue weighted by Crippen LogP contribution is -2.36. The summed E-state index contributed by atoms with van der Waals surface area (Å²) >= 11 is 0. The minimum Gasteiger partial charge on any atom is -0.460 e. The summed E-state index contributed by atoms with van der Waals surface area (Å²) < 4.78 is 16.2. The zero-order valence-electron chi connectivity index (χ0n) is 15.1. The molecule has 29 heavy (non-hydrogen) atoms. The Morgan fingerprint density at radius 2 is 1.79 bits per heavy atom. The molecule has 1 heterocycles. The van der Waals surface area contributed by atoms with Crippen LogP contribution >= 0.6 is 0 Å². The number of ether oxygens (including phenoxy) is 3. The van der Waals surface area contributed by atoms with E-state index in [1.807, 2.05) is 0 Å². The largest absolute Gasteiger partial charge is 0.460 e. The average molecular weight is 396 g/mol. The summed E-state index contributed by atoms with van der Waals surface area (Å²) in [7, 11) is 0. The Kier molecular flexibility index (Phi) is 6.91. The summed E-state index contributed by atoms with van der Waals surface area (Å²) in [6.45, 7) is -1.47. The van der Waals surface area contributed by atoms with Crippen molar-refractivity contribution < 1.29 is 29.2 Å². The first kappa shape index (κ1) is 21.4. The SMILES string of the molecule is N#CC(C#N)=C1C(C#N)=C(N)OC1(OCCO)c1ccccc1C(=O)OCCO. The van der Waals surface area contributed by atoms with Crippen molar-refractivity contribution in [3.63, 3.8) is 0 Å². The van der Waals surface area contributed by atoms with Gasteiger partial charge in [0.25, 0.3) is 5.79 Å². The number of aliphatic hydroxyl groups excluding tert-OH is 2. The lowest BCUT2D eigenvalue weighted by atomic mass is 9.87. The molecular formula is C19H16N4O6. The van der Waals surface area contributed by atoms with E-state index in [9.17, 15) is 25.7 Å². The number of benzene rings is 1. The molecular weight excluding hydrogens is 380 g/mol. The van der Waals surface area contributed by atoms with Crippen LogP contribution in [0.4, 0.5) is 0 Å². The maximum atomic E-state index is 12.5. The Hall–Kier alpha value is -3.88. The van der Waals surface area contributed by atoms with Crippen LogP contribution in [0.5, 0.6) is 0 Å². The number of carbonyl (C=O) groups is 1. The molecule has 0 radical (unpaired) electrons. The molecule has 2 rings (SSSR count). The number of nitrogens with zero attached hydrogens (tertiary/aromatic N) is 3. The smallest absolute Gasteiger partial charge is 0.338 e. The van der Waals surface area contributed by atoms with Gasteiger partial charge in [-0.3, -0.25) is 0 Å². The zero-order chi connectivity index (χ0) is 21.4. The molecule has 10 heteroatoms. The number of nitriles is 3. The standard InChI is InChI=1S/C19H16N4O6/c20-9-12(10-21)16-14(11-22)17(23)29-19(16,28-8-6-25)15-4-2-1-3-13(15)18(26)27-7-5-24/h1-4,24-25H,5-8,23H2. The third kappa shape index (κ3) is 3.88.